The Morgan fingerprint density at radius 1 is 1.50 bits per heavy atom. The minimum atomic E-state index is 0.653. The van der Waals surface area contributed by atoms with Gasteiger partial charge < -0.3 is 4.74 Å². The fourth-order valence-electron chi connectivity index (χ4n) is 1.08. The molecule has 1 aromatic rings. The topological polar surface area (TPSA) is 26.3 Å². The molecule has 0 bridgehead atoms. The van der Waals surface area contributed by atoms with Crippen molar-refractivity contribution in [3.8, 4) is 5.75 Å². The molecule has 1 aromatic carbocycles. The van der Waals surface area contributed by atoms with Crippen molar-refractivity contribution < 1.29 is 9.53 Å². The van der Waals surface area contributed by atoms with E-state index in [1.807, 2.05) is 6.92 Å². The van der Waals surface area contributed by atoms with Crippen LogP contribution in [-0.4, -0.2) is 13.4 Å². The number of methoxy groups -OCH3 is 1. The lowest BCUT2D eigenvalue weighted by molar-refractivity contribution is 0.112. The summed E-state index contributed by atoms with van der Waals surface area (Å²) in [5, 5.41) is 0. The number of ether oxygens (including phenoxy) is 1. The van der Waals surface area contributed by atoms with Gasteiger partial charge in [-0.1, -0.05) is 0 Å². The Bertz CT molecular complexity index is 284. The fourth-order valence-corrected chi connectivity index (χ4v) is 1.82. The van der Waals surface area contributed by atoms with E-state index in [-0.39, 0.29) is 0 Å². The highest BCUT2D eigenvalue weighted by Gasteiger charge is 2.05. The van der Waals surface area contributed by atoms with Crippen LogP contribution in [0, 0.1) is 6.92 Å². The van der Waals surface area contributed by atoms with Crippen LogP contribution in [0.2, 0.25) is 0 Å². The molecule has 0 atom stereocenters. The van der Waals surface area contributed by atoms with Gasteiger partial charge >= 0.3 is 0 Å². The van der Waals surface area contributed by atoms with Crippen LogP contribution in [0.4, 0.5) is 0 Å². The molecular formula is C9H9BrO2. The zero-order valence-corrected chi connectivity index (χ0v) is 8.51. The van der Waals surface area contributed by atoms with E-state index in [1.54, 1.807) is 19.2 Å². The smallest absolute Gasteiger partial charge is 0.150 e. The fraction of sp³-hybridized carbons (Fsp3) is 0.222. The van der Waals surface area contributed by atoms with Gasteiger partial charge in [0.2, 0.25) is 0 Å². The molecule has 0 aliphatic carbocycles. The molecule has 0 radical (unpaired) electrons. The van der Waals surface area contributed by atoms with Gasteiger partial charge in [0.1, 0.15) is 12.0 Å². The molecule has 0 saturated heterocycles. The van der Waals surface area contributed by atoms with Crippen LogP contribution in [-0.2, 0) is 0 Å². The summed E-state index contributed by atoms with van der Waals surface area (Å²) in [6.07, 6.45) is 0.817. The number of rotatable bonds is 2. The molecule has 0 aromatic heterocycles. The zero-order valence-electron chi connectivity index (χ0n) is 6.93. The highest BCUT2D eigenvalue weighted by atomic mass is 79.9. The van der Waals surface area contributed by atoms with Gasteiger partial charge in [0.25, 0.3) is 0 Å². The quantitative estimate of drug-likeness (QED) is 0.728. The first-order valence-electron chi connectivity index (χ1n) is 3.48. The molecule has 0 N–H and O–H groups in total. The molecule has 0 heterocycles. The lowest BCUT2D eigenvalue weighted by Gasteiger charge is -2.06. The minimum Gasteiger partial charge on any atom is -0.495 e. The predicted octanol–water partition coefficient (Wildman–Crippen LogP) is 2.58. The maximum atomic E-state index is 10.4. The molecule has 0 aliphatic heterocycles. The number of hydrogen-bond donors (Lipinski definition) is 0. The molecular weight excluding hydrogens is 220 g/mol. The van der Waals surface area contributed by atoms with Gasteiger partial charge in [-0.2, -0.15) is 0 Å². The van der Waals surface area contributed by atoms with Gasteiger partial charge in [-0.05, 0) is 40.5 Å². The summed E-state index contributed by atoms with van der Waals surface area (Å²) in [6, 6.07) is 3.52. The van der Waals surface area contributed by atoms with Crippen molar-refractivity contribution in [2.45, 2.75) is 6.92 Å². The molecule has 1 rings (SSSR count). The summed E-state index contributed by atoms with van der Waals surface area (Å²) in [7, 11) is 1.60. The number of carbonyl (C=O) groups is 1. The predicted molar refractivity (Wildman–Crippen MR) is 50.8 cm³/mol. The first-order chi connectivity index (χ1) is 5.69. The first-order valence-corrected chi connectivity index (χ1v) is 4.27. The molecule has 64 valence electrons. The third kappa shape index (κ3) is 1.67. The average Bonchev–Trinajstić information content (AvgIpc) is 2.03. The summed E-state index contributed by atoms with van der Waals surface area (Å²) in [4.78, 5) is 10.4. The second-order valence-corrected chi connectivity index (χ2v) is 3.33. The van der Waals surface area contributed by atoms with Crippen LogP contribution < -0.4 is 4.74 Å². The van der Waals surface area contributed by atoms with Crippen molar-refractivity contribution in [2.75, 3.05) is 7.11 Å². The third-order valence-electron chi connectivity index (χ3n) is 1.59. The van der Waals surface area contributed by atoms with E-state index in [0.29, 0.717) is 5.56 Å². The van der Waals surface area contributed by atoms with Crippen molar-refractivity contribution in [1.82, 2.24) is 0 Å². The maximum Gasteiger partial charge on any atom is 0.150 e. The Hall–Kier alpha value is -0.830. The summed E-state index contributed by atoms with van der Waals surface area (Å²) >= 11 is 3.32. The minimum absolute atomic E-state index is 0.653. The Labute approximate surface area is 79.7 Å². The van der Waals surface area contributed by atoms with Gasteiger partial charge in [-0.15, -0.1) is 0 Å². The van der Waals surface area contributed by atoms with Gasteiger partial charge in [0, 0.05) is 5.56 Å². The normalized spacial score (nSPS) is 9.58. The van der Waals surface area contributed by atoms with Crippen LogP contribution in [0.5, 0.6) is 5.75 Å². The van der Waals surface area contributed by atoms with E-state index >= 15 is 0 Å². The van der Waals surface area contributed by atoms with E-state index in [4.69, 9.17) is 4.74 Å². The second kappa shape index (κ2) is 3.72. The molecule has 0 spiro atoms. The molecule has 0 unspecified atom stereocenters. The Morgan fingerprint density at radius 2 is 2.17 bits per heavy atom. The van der Waals surface area contributed by atoms with E-state index in [0.717, 1.165) is 22.1 Å². The number of hydrogen-bond acceptors (Lipinski definition) is 2. The van der Waals surface area contributed by atoms with Gasteiger partial charge in [-0.25, -0.2) is 0 Å². The standard InChI is InChI=1S/C9H9BrO2/c1-6-3-7(5-11)4-8(10)9(6)12-2/h3-5H,1-2H3. The summed E-state index contributed by atoms with van der Waals surface area (Å²) in [6.45, 7) is 1.90. The zero-order chi connectivity index (χ0) is 9.14. The van der Waals surface area contributed by atoms with Crippen molar-refractivity contribution >= 4 is 22.2 Å². The van der Waals surface area contributed by atoms with Crippen LogP contribution in [0.1, 0.15) is 15.9 Å². The van der Waals surface area contributed by atoms with E-state index in [2.05, 4.69) is 15.9 Å². The highest BCUT2D eigenvalue weighted by molar-refractivity contribution is 9.10. The van der Waals surface area contributed by atoms with Crippen molar-refractivity contribution in [3.05, 3.63) is 27.7 Å². The van der Waals surface area contributed by atoms with Crippen LogP contribution >= 0.6 is 15.9 Å². The Kier molecular flexibility index (Phi) is 2.87. The molecule has 0 amide bonds. The summed E-state index contributed by atoms with van der Waals surface area (Å²) in [5.41, 5.74) is 1.61. The van der Waals surface area contributed by atoms with Crippen molar-refractivity contribution in [3.63, 3.8) is 0 Å². The average molecular weight is 229 g/mol. The molecule has 12 heavy (non-hydrogen) atoms. The monoisotopic (exact) mass is 228 g/mol. The maximum absolute atomic E-state index is 10.4. The van der Waals surface area contributed by atoms with Crippen LogP contribution in [0.15, 0.2) is 16.6 Å². The van der Waals surface area contributed by atoms with E-state index < -0.39 is 0 Å². The third-order valence-corrected chi connectivity index (χ3v) is 2.18. The number of carbonyl (C=O) groups excluding carboxylic acids is 1. The lowest BCUT2D eigenvalue weighted by Crippen LogP contribution is -1.90. The van der Waals surface area contributed by atoms with E-state index in [9.17, 15) is 4.79 Å². The van der Waals surface area contributed by atoms with E-state index in [1.165, 1.54) is 0 Å². The Balaban J connectivity index is 3.27. The number of halogens is 1. The second-order valence-electron chi connectivity index (χ2n) is 2.47. The summed E-state index contributed by atoms with van der Waals surface area (Å²) in [5.74, 6) is 0.778. The van der Waals surface area contributed by atoms with Gasteiger partial charge in [-0.3, -0.25) is 4.79 Å². The van der Waals surface area contributed by atoms with Crippen molar-refractivity contribution in [1.29, 1.82) is 0 Å². The van der Waals surface area contributed by atoms with Crippen LogP contribution in [0.3, 0.4) is 0 Å². The Morgan fingerprint density at radius 3 is 2.58 bits per heavy atom. The number of aldehydes is 1. The molecule has 2 nitrogen and oxygen atoms in total. The van der Waals surface area contributed by atoms with Gasteiger partial charge in [0.15, 0.2) is 0 Å². The summed E-state index contributed by atoms with van der Waals surface area (Å²) < 4.78 is 5.92. The molecule has 3 heteroatoms. The van der Waals surface area contributed by atoms with Crippen molar-refractivity contribution in [2.24, 2.45) is 0 Å². The first kappa shape index (κ1) is 9.26. The highest BCUT2D eigenvalue weighted by Crippen LogP contribution is 2.29. The number of benzene rings is 1. The lowest BCUT2D eigenvalue weighted by atomic mass is 10.1. The SMILES string of the molecule is COc1c(C)cc(C=O)cc1Br. The largest absolute Gasteiger partial charge is 0.495 e. The van der Waals surface area contributed by atoms with Gasteiger partial charge in [0.05, 0.1) is 11.6 Å². The number of aryl methyl sites for hydroxylation is 1. The molecule has 0 fully saturated rings. The van der Waals surface area contributed by atoms with Crippen LogP contribution in [0.25, 0.3) is 0 Å². The molecule has 0 saturated carbocycles. The molecule has 0 aliphatic rings.